The summed E-state index contributed by atoms with van der Waals surface area (Å²) in [6.45, 7) is 1.58. The van der Waals surface area contributed by atoms with Gasteiger partial charge in [0.2, 0.25) is 0 Å². The Morgan fingerprint density at radius 1 is 1.08 bits per heavy atom. The molecule has 2 N–H and O–H groups in total. The van der Waals surface area contributed by atoms with Crippen LogP contribution in [-0.4, -0.2) is 25.1 Å². The van der Waals surface area contributed by atoms with Gasteiger partial charge in [0.05, 0.1) is 5.69 Å². The van der Waals surface area contributed by atoms with Gasteiger partial charge in [-0.15, -0.1) is 11.8 Å². The molecule has 2 aliphatic rings. The maximum absolute atomic E-state index is 12.9. The van der Waals surface area contributed by atoms with Crippen LogP contribution in [0.1, 0.15) is 37.2 Å². The molecule has 1 heterocycles. The van der Waals surface area contributed by atoms with Gasteiger partial charge in [-0.3, -0.25) is 0 Å². The Labute approximate surface area is 158 Å². The largest absolute Gasteiger partial charge is 0.471 e. The van der Waals surface area contributed by atoms with Crippen LogP contribution in [0.4, 0.5) is 10.1 Å². The number of nitrogens with one attached hydrogen (secondary N) is 2. The van der Waals surface area contributed by atoms with Gasteiger partial charge in [-0.25, -0.2) is 4.39 Å². The van der Waals surface area contributed by atoms with Crippen molar-refractivity contribution in [1.29, 1.82) is 0 Å². The van der Waals surface area contributed by atoms with Crippen LogP contribution in [0.25, 0.3) is 0 Å². The minimum Gasteiger partial charge on any atom is -0.471 e. The summed E-state index contributed by atoms with van der Waals surface area (Å²) in [6, 6.07) is 14.0. The summed E-state index contributed by atoms with van der Waals surface area (Å²) in [5, 5.41) is 6.92. The molecule has 0 saturated heterocycles. The van der Waals surface area contributed by atoms with Gasteiger partial charge < -0.3 is 15.4 Å². The molecule has 1 aliphatic carbocycles. The van der Waals surface area contributed by atoms with Crippen molar-refractivity contribution >= 4 is 17.4 Å². The molecule has 1 fully saturated rings. The highest BCUT2D eigenvalue weighted by Crippen LogP contribution is 2.38. The van der Waals surface area contributed by atoms with E-state index in [1.807, 2.05) is 12.1 Å². The first-order valence-corrected chi connectivity index (χ1v) is 10.4. The summed E-state index contributed by atoms with van der Waals surface area (Å²) in [4.78, 5) is 1.13. The molecule has 0 amide bonds. The van der Waals surface area contributed by atoms with Crippen LogP contribution in [0.3, 0.4) is 0 Å². The monoisotopic (exact) mass is 372 g/mol. The van der Waals surface area contributed by atoms with Crippen LogP contribution in [0.2, 0.25) is 0 Å². The molecule has 1 saturated carbocycles. The summed E-state index contributed by atoms with van der Waals surface area (Å²) >= 11 is 1.78. The second-order valence-electron chi connectivity index (χ2n) is 7.03. The van der Waals surface area contributed by atoms with E-state index < -0.39 is 0 Å². The van der Waals surface area contributed by atoms with Crippen LogP contribution in [0, 0.1) is 5.82 Å². The van der Waals surface area contributed by atoms with Crippen molar-refractivity contribution in [2.45, 2.75) is 42.5 Å². The quantitative estimate of drug-likeness (QED) is 0.552. The number of halogens is 1. The van der Waals surface area contributed by atoms with E-state index in [1.54, 1.807) is 11.8 Å². The molecule has 4 rings (SSSR count). The molecule has 26 heavy (non-hydrogen) atoms. The minimum absolute atomic E-state index is 0.171. The average Bonchev–Trinajstić information content (AvgIpc) is 3.15. The van der Waals surface area contributed by atoms with E-state index in [2.05, 4.69) is 28.8 Å². The number of anilines is 1. The molecule has 0 radical (unpaired) electrons. The Morgan fingerprint density at radius 2 is 1.88 bits per heavy atom. The molecule has 0 unspecified atom stereocenters. The second-order valence-corrected chi connectivity index (χ2v) is 8.19. The molecule has 0 aromatic heterocycles. The highest BCUT2D eigenvalue weighted by atomic mass is 32.2. The maximum Gasteiger partial charge on any atom is 0.159 e. The van der Waals surface area contributed by atoms with Crippen molar-refractivity contribution in [3.63, 3.8) is 0 Å². The molecule has 138 valence electrons. The number of hydrogen-bond donors (Lipinski definition) is 2. The minimum atomic E-state index is -0.171. The van der Waals surface area contributed by atoms with E-state index in [0.29, 0.717) is 18.7 Å². The fraction of sp³-hybridized carbons (Fsp3) is 0.429. The molecule has 0 atom stereocenters. The van der Waals surface area contributed by atoms with Crippen LogP contribution in [0.15, 0.2) is 47.4 Å². The Morgan fingerprint density at radius 3 is 2.69 bits per heavy atom. The molecular formula is C21H25FN2OS. The Balaban J connectivity index is 1.18. The van der Waals surface area contributed by atoms with E-state index in [4.69, 9.17) is 4.74 Å². The summed E-state index contributed by atoms with van der Waals surface area (Å²) < 4.78 is 18.5. The number of ether oxygens (including phenoxy) is 1. The summed E-state index contributed by atoms with van der Waals surface area (Å²) in [5.41, 5.74) is 2.53. The summed E-state index contributed by atoms with van der Waals surface area (Å²) in [5.74, 6) is 2.49. The van der Waals surface area contributed by atoms with Gasteiger partial charge >= 0.3 is 0 Å². The van der Waals surface area contributed by atoms with Crippen molar-refractivity contribution in [3.05, 3.63) is 53.8 Å². The van der Waals surface area contributed by atoms with Crippen molar-refractivity contribution in [3.8, 4) is 5.75 Å². The zero-order valence-corrected chi connectivity index (χ0v) is 15.7. The number of rotatable bonds is 6. The molecular weight excluding hydrogens is 347 g/mol. The molecule has 3 nitrogen and oxygen atoms in total. The third-order valence-electron chi connectivity index (χ3n) is 5.31. The standard InChI is InChI=1S/C21H25FN2OS/c22-17-4-8-19(9-5-17)26-12-11-23-18-6-1-15(2-7-18)16-3-10-20-21(13-16)25-14-24-20/h3-5,8-10,13,15,18,23-24H,1-2,6-7,11-12,14H2. The lowest BCUT2D eigenvalue weighted by molar-refractivity contribution is 0.346. The van der Waals surface area contributed by atoms with Crippen LogP contribution < -0.4 is 15.4 Å². The number of hydrogen-bond acceptors (Lipinski definition) is 4. The van der Waals surface area contributed by atoms with Crippen molar-refractivity contribution < 1.29 is 9.13 Å². The maximum atomic E-state index is 12.9. The van der Waals surface area contributed by atoms with E-state index in [9.17, 15) is 4.39 Å². The first kappa shape index (κ1) is 17.7. The molecule has 2 aromatic carbocycles. The van der Waals surface area contributed by atoms with Gasteiger partial charge in [-0.1, -0.05) is 6.07 Å². The van der Waals surface area contributed by atoms with Crippen LogP contribution >= 0.6 is 11.8 Å². The predicted molar refractivity (Wildman–Crippen MR) is 106 cm³/mol. The molecule has 5 heteroatoms. The van der Waals surface area contributed by atoms with E-state index in [0.717, 1.165) is 28.6 Å². The van der Waals surface area contributed by atoms with Crippen molar-refractivity contribution in [2.75, 3.05) is 24.3 Å². The lowest BCUT2D eigenvalue weighted by atomic mass is 9.81. The van der Waals surface area contributed by atoms with Crippen molar-refractivity contribution in [2.24, 2.45) is 0 Å². The number of fused-ring (bicyclic) bond motifs is 1. The Hall–Kier alpha value is -1.72. The van der Waals surface area contributed by atoms with Crippen LogP contribution in [-0.2, 0) is 0 Å². The third kappa shape index (κ3) is 4.33. The average molecular weight is 373 g/mol. The molecule has 0 spiro atoms. The Kier molecular flexibility index (Phi) is 5.65. The fourth-order valence-electron chi connectivity index (χ4n) is 3.84. The van der Waals surface area contributed by atoms with E-state index in [1.165, 1.54) is 43.4 Å². The Bertz CT molecular complexity index is 729. The molecule has 1 aliphatic heterocycles. The zero-order chi connectivity index (χ0) is 17.8. The smallest absolute Gasteiger partial charge is 0.159 e. The van der Waals surface area contributed by atoms with E-state index in [-0.39, 0.29) is 5.82 Å². The lowest BCUT2D eigenvalue weighted by Crippen LogP contribution is -2.34. The van der Waals surface area contributed by atoms with Crippen molar-refractivity contribution in [1.82, 2.24) is 5.32 Å². The summed E-state index contributed by atoms with van der Waals surface area (Å²) in [7, 11) is 0. The highest BCUT2D eigenvalue weighted by molar-refractivity contribution is 7.99. The van der Waals surface area contributed by atoms with Gasteiger partial charge in [-0.2, -0.15) is 0 Å². The third-order valence-corrected chi connectivity index (χ3v) is 6.33. The van der Waals surface area contributed by atoms with Crippen LogP contribution in [0.5, 0.6) is 5.75 Å². The summed E-state index contributed by atoms with van der Waals surface area (Å²) in [6.07, 6.45) is 4.91. The van der Waals surface area contributed by atoms with Gasteiger partial charge in [0.1, 0.15) is 11.6 Å². The predicted octanol–water partition coefficient (Wildman–Crippen LogP) is 5.00. The number of benzene rings is 2. The van der Waals surface area contributed by atoms with Gasteiger partial charge in [-0.05, 0) is 73.6 Å². The van der Waals surface area contributed by atoms with Gasteiger partial charge in [0, 0.05) is 23.2 Å². The first-order chi connectivity index (χ1) is 12.8. The van der Waals surface area contributed by atoms with Gasteiger partial charge in [0.15, 0.2) is 6.73 Å². The van der Waals surface area contributed by atoms with E-state index >= 15 is 0 Å². The second kappa shape index (κ2) is 8.31. The van der Waals surface area contributed by atoms with Gasteiger partial charge in [0.25, 0.3) is 0 Å². The highest BCUT2D eigenvalue weighted by Gasteiger charge is 2.23. The molecule has 0 bridgehead atoms. The lowest BCUT2D eigenvalue weighted by Gasteiger charge is -2.29. The first-order valence-electron chi connectivity index (χ1n) is 9.40. The normalized spacial score (nSPS) is 21.7. The number of thioether (sulfide) groups is 1. The topological polar surface area (TPSA) is 33.3 Å². The SMILES string of the molecule is Fc1ccc(SCCNC2CCC(c3ccc4c(c3)OCN4)CC2)cc1. The fourth-order valence-corrected chi connectivity index (χ4v) is 4.63. The molecule has 2 aromatic rings. The zero-order valence-electron chi connectivity index (χ0n) is 14.8.